The van der Waals surface area contributed by atoms with Gasteiger partial charge in [-0.15, -0.1) is 0 Å². The third-order valence-corrected chi connectivity index (χ3v) is 13.4. The Kier molecular flexibility index (Phi) is 15.8. The highest BCUT2D eigenvalue weighted by molar-refractivity contribution is 6.42. The molecule has 338 valence electrons. The van der Waals surface area contributed by atoms with E-state index in [1.165, 1.54) is 36.9 Å². The number of ether oxygens (including phenoxy) is 2. The maximum Gasteiger partial charge on any atom is 0.255 e. The van der Waals surface area contributed by atoms with Gasteiger partial charge in [0.25, 0.3) is 11.8 Å². The molecule has 0 spiro atoms. The summed E-state index contributed by atoms with van der Waals surface area (Å²) in [6, 6.07) is 30.0. The van der Waals surface area contributed by atoms with E-state index in [-0.39, 0.29) is 59.1 Å². The van der Waals surface area contributed by atoms with E-state index < -0.39 is 0 Å². The largest absolute Gasteiger partial charge is 0.474 e. The summed E-state index contributed by atoms with van der Waals surface area (Å²) >= 11 is 30.7. The summed E-state index contributed by atoms with van der Waals surface area (Å²) in [5.41, 5.74) is 3.73. The number of rotatable bonds is 10. The lowest BCUT2D eigenvalue weighted by molar-refractivity contribution is 0.0760. The molecule has 2 aliphatic heterocycles. The first-order valence-electron chi connectivity index (χ1n) is 20.8. The number of benzene rings is 2. The van der Waals surface area contributed by atoms with Crippen molar-refractivity contribution in [1.82, 2.24) is 29.7 Å². The fraction of sp³-hybridized carbons (Fsp3) is 0.245. The lowest BCUT2D eigenvalue weighted by atomic mass is 9.86. The van der Waals surface area contributed by atoms with Gasteiger partial charge >= 0.3 is 0 Å². The standard InChI is InChI=1S/C25H19Cl2N5O2.C24H19Cl3N4O2/c1-15(34-24-7-2-16(9-28)11-31-24)20-13-32(25(33)18-3-5-19(10-29)30-12-18)14-21(20)17-4-6-22(26)23(27)8-17;1-14(33-23-7-4-17(25)11-30-23)19-12-31(24(32)16-2-5-18(9-28)29-10-16)13-20(19)15-3-6-21(26)22(27)8-15/h2-8,11-12,15,20-21H,13-14H2,1H3;2-8,10-11,14,19-20H,12-13H2,1H3/t;14-,19+,20+/m.1/s1. The molecule has 0 saturated carbocycles. The second-order valence-electron chi connectivity index (χ2n) is 15.9. The van der Waals surface area contributed by atoms with Gasteiger partial charge in [-0.3, -0.25) is 9.59 Å². The number of nitriles is 3. The Morgan fingerprint density at radius 1 is 0.552 bits per heavy atom. The van der Waals surface area contributed by atoms with Gasteiger partial charge in [0.05, 0.1) is 41.8 Å². The highest BCUT2D eigenvalue weighted by Gasteiger charge is 2.42. The van der Waals surface area contributed by atoms with Gasteiger partial charge in [-0.2, -0.15) is 15.8 Å². The number of nitrogens with zero attached hydrogens (tertiary/aromatic N) is 9. The van der Waals surface area contributed by atoms with Crippen molar-refractivity contribution in [2.45, 2.75) is 37.9 Å². The number of hydrogen-bond donors (Lipinski definition) is 0. The minimum atomic E-state index is -0.295. The Morgan fingerprint density at radius 3 is 1.37 bits per heavy atom. The molecule has 0 aliphatic carbocycles. The van der Waals surface area contributed by atoms with Crippen LogP contribution >= 0.6 is 58.0 Å². The van der Waals surface area contributed by atoms with E-state index in [0.717, 1.165) is 11.1 Å². The average Bonchev–Trinajstić information content (AvgIpc) is 4.01. The molecule has 2 aromatic carbocycles. The summed E-state index contributed by atoms with van der Waals surface area (Å²) < 4.78 is 12.2. The normalized spacial score (nSPS) is 18.3. The summed E-state index contributed by atoms with van der Waals surface area (Å²) in [6.07, 6.45) is 5.29. The molecule has 3 unspecified atom stereocenters. The third kappa shape index (κ3) is 11.7. The molecule has 2 saturated heterocycles. The number of carbonyl (C=O) groups is 2. The second kappa shape index (κ2) is 21.9. The number of carbonyl (C=O) groups excluding carboxylic acids is 2. The topological polar surface area (TPSA) is 182 Å². The molecule has 2 fully saturated rings. The van der Waals surface area contributed by atoms with E-state index in [1.54, 1.807) is 58.3 Å². The lowest BCUT2D eigenvalue weighted by Gasteiger charge is -2.25. The predicted molar refractivity (Wildman–Crippen MR) is 253 cm³/mol. The number of amides is 2. The average molecular weight is 994 g/mol. The third-order valence-electron chi connectivity index (χ3n) is 11.7. The molecule has 0 radical (unpaired) electrons. The molecule has 6 atom stereocenters. The monoisotopic (exact) mass is 991 g/mol. The molecular formula is C49H38Cl5N9O4. The Morgan fingerprint density at radius 2 is 1.01 bits per heavy atom. The van der Waals surface area contributed by atoms with Crippen molar-refractivity contribution in [2.24, 2.45) is 11.8 Å². The molecule has 4 aromatic heterocycles. The summed E-state index contributed by atoms with van der Waals surface area (Å²) in [5.74, 6) is 0.349. The van der Waals surface area contributed by atoms with Crippen molar-refractivity contribution >= 4 is 69.8 Å². The van der Waals surface area contributed by atoms with Crippen molar-refractivity contribution < 1.29 is 19.1 Å². The van der Waals surface area contributed by atoms with Gasteiger partial charge < -0.3 is 19.3 Å². The quantitative estimate of drug-likeness (QED) is 0.127. The molecule has 0 N–H and O–H groups in total. The summed E-state index contributed by atoms with van der Waals surface area (Å²) in [6.45, 7) is 5.74. The van der Waals surface area contributed by atoms with Crippen LogP contribution in [0.25, 0.3) is 0 Å². The Bertz CT molecular complexity index is 2870. The maximum absolute atomic E-state index is 13.2. The zero-order valence-electron chi connectivity index (χ0n) is 35.7. The fourth-order valence-electron chi connectivity index (χ4n) is 8.17. The number of pyridine rings is 4. The second-order valence-corrected chi connectivity index (χ2v) is 17.9. The zero-order chi connectivity index (χ0) is 47.8. The molecule has 6 heterocycles. The molecular weight excluding hydrogens is 956 g/mol. The molecule has 6 aromatic rings. The highest BCUT2D eigenvalue weighted by atomic mass is 35.5. The minimum Gasteiger partial charge on any atom is -0.474 e. The molecule has 13 nitrogen and oxygen atoms in total. The van der Waals surface area contributed by atoms with Crippen molar-refractivity contribution in [1.29, 1.82) is 15.8 Å². The first-order chi connectivity index (χ1) is 32.2. The molecule has 0 bridgehead atoms. The Hall–Kier alpha value is -6.50. The van der Waals surface area contributed by atoms with E-state index in [2.05, 4.69) is 19.9 Å². The van der Waals surface area contributed by atoms with E-state index >= 15 is 0 Å². The van der Waals surface area contributed by atoms with Crippen LogP contribution in [-0.2, 0) is 0 Å². The van der Waals surface area contributed by atoms with Gasteiger partial charge in [-0.05, 0) is 85.6 Å². The Labute approximate surface area is 412 Å². The van der Waals surface area contributed by atoms with Crippen LogP contribution in [0.4, 0.5) is 0 Å². The molecule has 2 amide bonds. The first-order valence-corrected chi connectivity index (χ1v) is 22.7. The van der Waals surface area contributed by atoms with E-state index in [4.69, 9.17) is 83.3 Å². The number of aromatic nitrogens is 4. The van der Waals surface area contributed by atoms with Gasteiger partial charge in [-0.25, -0.2) is 19.9 Å². The van der Waals surface area contributed by atoms with Gasteiger partial charge in [0.2, 0.25) is 11.8 Å². The van der Waals surface area contributed by atoms with Crippen LogP contribution in [0.2, 0.25) is 25.1 Å². The van der Waals surface area contributed by atoms with Crippen LogP contribution in [0, 0.1) is 45.8 Å². The van der Waals surface area contributed by atoms with Crippen molar-refractivity contribution in [3.8, 4) is 30.0 Å². The number of hydrogen-bond acceptors (Lipinski definition) is 11. The summed E-state index contributed by atoms with van der Waals surface area (Å²) in [4.78, 5) is 46.4. The van der Waals surface area contributed by atoms with E-state index in [9.17, 15) is 9.59 Å². The SMILES string of the molecule is CC(Oc1ccc(C#N)cn1)C1CN(C(=O)c2ccc(C#N)nc2)CC1c1ccc(Cl)c(Cl)c1.C[C@@H](Oc1ccc(Cl)cn1)[C@@H]1CN(C(=O)c2ccc(C#N)nc2)C[C@H]1c1ccc(Cl)c(Cl)c1. The molecule has 18 heteroatoms. The number of halogens is 5. The molecule has 2 aliphatic rings. The van der Waals surface area contributed by atoms with E-state index in [0.29, 0.717) is 79.7 Å². The van der Waals surface area contributed by atoms with Crippen LogP contribution in [0.3, 0.4) is 0 Å². The van der Waals surface area contributed by atoms with Crippen LogP contribution in [0.1, 0.15) is 74.5 Å². The summed E-state index contributed by atoms with van der Waals surface area (Å²) in [7, 11) is 0. The molecule has 8 rings (SSSR count). The van der Waals surface area contributed by atoms with E-state index in [1.807, 2.05) is 56.3 Å². The van der Waals surface area contributed by atoms with Gasteiger partial charge in [-0.1, -0.05) is 70.1 Å². The highest BCUT2D eigenvalue weighted by Crippen LogP contribution is 2.40. The zero-order valence-corrected chi connectivity index (χ0v) is 39.5. The maximum atomic E-state index is 13.2. The van der Waals surface area contributed by atoms with Gasteiger partial charge in [0.1, 0.15) is 41.8 Å². The predicted octanol–water partition coefficient (Wildman–Crippen LogP) is 10.5. The van der Waals surface area contributed by atoms with Crippen LogP contribution in [0.15, 0.2) is 110 Å². The van der Waals surface area contributed by atoms with Crippen LogP contribution in [-0.4, -0.2) is 79.9 Å². The Balaban J connectivity index is 0.000000199. The smallest absolute Gasteiger partial charge is 0.255 e. The lowest BCUT2D eigenvalue weighted by Crippen LogP contribution is -2.32. The van der Waals surface area contributed by atoms with Crippen LogP contribution in [0.5, 0.6) is 11.8 Å². The van der Waals surface area contributed by atoms with Gasteiger partial charge in [0.15, 0.2) is 0 Å². The first kappa shape index (κ1) is 48.4. The van der Waals surface area contributed by atoms with Gasteiger partial charge in [0, 0.05) is 86.8 Å². The van der Waals surface area contributed by atoms with Crippen molar-refractivity contribution in [3.63, 3.8) is 0 Å². The fourth-order valence-corrected chi connectivity index (χ4v) is 8.90. The molecule has 67 heavy (non-hydrogen) atoms. The minimum absolute atomic E-state index is 0.0302. The van der Waals surface area contributed by atoms with Crippen molar-refractivity contribution in [3.05, 3.63) is 174 Å². The van der Waals surface area contributed by atoms with Crippen molar-refractivity contribution in [2.75, 3.05) is 26.2 Å². The number of likely N-dealkylation sites (tertiary alicyclic amines) is 2. The van der Waals surface area contributed by atoms with Crippen LogP contribution < -0.4 is 9.47 Å². The summed E-state index contributed by atoms with van der Waals surface area (Å²) in [5, 5.41) is 29.3.